The van der Waals surface area contributed by atoms with Gasteiger partial charge in [-0.1, -0.05) is 36.0 Å². The summed E-state index contributed by atoms with van der Waals surface area (Å²) in [5.74, 6) is -1.21. The average Bonchev–Trinajstić information content (AvgIpc) is 3.02. The molecule has 0 spiro atoms. The van der Waals surface area contributed by atoms with Crippen molar-refractivity contribution in [2.24, 2.45) is 0 Å². The molecule has 1 heterocycles. The Morgan fingerprint density at radius 3 is 2.50 bits per heavy atom. The highest BCUT2D eigenvalue weighted by molar-refractivity contribution is 7.99. The SMILES string of the molecule is Cc1ccccc1-c1nnc(SCC(O)c2c(F)cccc2F)o1. The van der Waals surface area contributed by atoms with E-state index in [9.17, 15) is 13.9 Å². The number of rotatable bonds is 5. The van der Waals surface area contributed by atoms with Crippen molar-refractivity contribution >= 4 is 11.8 Å². The summed E-state index contributed by atoms with van der Waals surface area (Å²) in [4.78, 5) is 0. The van der Waals surface area contributed by atoms with Crippen molar-refractivity contribution in [2.75, 3.05) is 5.75 Å². The summed E-state index contributed by atoms with van der Waals surface area (Å²) in [6.07, 6.45) is -1.31. The molecule has 0 aliphatic heterocycles. The maximum absolute atomic E-state index is 13.6. The lowest BCUT2D eigenvalue weighted by Crippen LogP contribution is -2.06. The second-order valence-electron chi connectivity index (χ2n) is 5.15. The number of aliphatic hydroxyl groups excluding tert-OH is 1. The minimum Gasteiger partial charge on any atom is -0.411 e. The lowest BCUT2D eigenvalue weighted by molar-refractivity contribution is 0.193. The zero-order chi connectivity index (χ0) is 17.1. The normalized spacial score (nSPS) is 12.3. The molecule has 1 unspecified atom stereocenters. The van der Waals surface area contributed by atoms with Crippen LogP contribution in [-0.4, -0.2) is 21.1 Å². The standard InChI is InChI=1S/C17H14F2N2O2S/c1-10-5-2-3-6-11(10)16-20-21-17(23-16)24-9-14(22)15-12(18)7-4-8-13(15)19/h2-8,14,22H,9H2,1H3. The van der Waals surface area contributed by atoms with E-state index >= 15 is 0 Å². The molecule has 4 nitrogen and oxygen atoms in total. The fourth-order valence-electron chi connectivity index (χ4n) is 2.25. The van der Waals surface area contributed by atoms with Gasteiger partial charge in [-0.05, 0) is 30.7 Å². The second-order valence-corrected chi connectivity index (χ2v) is 6.12. The van der Waals surface area contributed by atoms with Gasteiger partial charge >= 0.3 is 0 Å². The largest absolute Gasteiger partial charge is 0.411 e. The Labute approximate surface area is 141 Å². The lowest BCUT2D eigenvalue weighted by atomic mass is 10.1. The van der Waals surface area contributed by atoms with E-state index < -0.39 is 17.7 Å². The molecule has 3 rings (SSSR count). The first-order chi connectivity index (χ1) is 11.6. The third-order valence-corrected chi connectivity index (χ3v) is 4.37. The van der Waals surface area contributed by atoms with E-state index in [4.69, 9.17) is 4.42 Å². The van der Waals surface area contributed by atoms with Crippen molar-refractivity contribution in [3.05, 3.63) is 65.2 Å². The minimum atomic E-state index is -1.31. The van der Waals surface area contributed by atoms with E-state index in [-0.39, 0.29) is 16.5 Å². The van der Waals surface area contributed by atoms with Gasteiger partial charge in [0.05, 0.1) is 11.7 Å². The second kappa shape index (κ2) is 7.11. The molecule has 7 heteroatoms. The third-order valence-electron chi connectivity index (χ3n) is 3.48. The van der Waals surface area contributed by atoms with E-state index in [1.807, 2.05) is 31.2 Å². The molecule has 0 bridgehead atoms. The third kappa shape index (κ3) is 3.47. The monoisotopic (exact) mass is 348 g/mol. The number of aryl methyl sites for hydroxylation is 1. The molecule has 124 valence electrons. The molecular formula is C17H14F2N2O2S. The first-order valence-electron chi connectivity index (χ1n) is 7.20. The van der Waals surface area contributed by atoms with E-state index in [2.05, 4.69) is 10.2 Å². The van der Waals surface area contributed by atoms with E-state index in [1.165, 1.54) is 6.07 Å². The molecule has 3 aromatic rings. The number of benzene rings is 2. The molecule has 0 saturated carbocycles. The van der Waals surface area contributed by atoms with Crippen LogP contribution < -0.4 is 0 Å². The predicted molar refractivity (Wildman–Crippen MR) is 86.5 cm³/mol. The molecule has 0 saturated heterocycles. The summed E-state index contributed by atoms with van der Waals surface area (Å²) in [6, 6.07) is 11.0. The number of nitrogens with zero attached hydrogens (tertiary/aromatic N) is 2. The number of hydrogen-bond donors (Lipinski definition) is 1. The molecule has 0 aliphatic rings. The molecule has 0 radical (unpaired) electrons. The molecule has 1 aromatic heterocycles. The Morgan fingerprint density at radius 2 is 1.79 bits per heavy atom. The quantitative estimate of drug-likeness (QED) is 0.702. The van der Waals surface area contributed by atoms with Gasteiger partial charge in [-0.15, -0.1) is 10.2 Å². The highest BCUT2D eigenvalue weighted by atomic mass is 32.2. The first kappa shape index (κ1) is 16.6. The molecule has 0 fully saturated rings. The molecule has 24 heavy (non-hydrogen) atoms. The van der Waals surface area contributed by atoms with Gasteiger partial charge < -0.3 is 9.52 Å². The van der Waals surface area contributed by atoms with E-state index in [0.29, 0.717) is 5.89 Å². The van der Waals surface area contributed by atoms with Gasteiger partial charge in [-0.2, -0.15) is 0 Å². The van der Waals surface area contributed by atoms with Crippen LogP contribution in [0.25, 0.3) is 11.5 Å². The van der Waals surface area contributed by atoms with Gasteiger partial charge in [0.15, 0.2) is 0 Å². The van der Waals surface area contributed by atoms with Crippen LogP contribution in [0.2, 0.25) is 0 Å². The number of aliphatic hydroxyl groups is 1. The van der Waals surface area contributed by atoms with Crippen LogP contribution in [-0.2, 0) is 0 Å². The summed E-state index contributed by atoms with van der Waals surface area (Å²) in [5, 5.41) is 18.1. The van der Waals surface area contributed by atoms with Crippen LogP contribution in [0.15, 0.2) is 52.1 Å². The van der Waals surface area contributed by atoms with Crippen LogP contribution in [0.1, 0.15) is 17.2 Å². The maximum atomic E-state index is 13.6. The van der Waals surface area contributed by atoms with E-state index in [1.54, 1.807) is 0 Å². The molecule has 0 amide bonds. The minimum absolute atomic E-state index is 0.00669. The number of hydrogen-bond acceptors (Lipinski definition) is 5. The van der Waals surface area contributed by atoms with Crippen LogP contribution in [0, 0.1) is 18.6 Å². The van der Waals surface area contributed by atoms with Crippen molar-refractivity contribution in [1.82, 2.24) is 10.2 Å². The van der Waals surface area contributed by atoms with Gasteiger partial charge in [-0.3, -0.25) is 0 Å². The molecule has 2 aromatic carbocycles. The summed E-state index contributed by atoms with van der Waals surface area (Å²) in [5.41, 5.74) is 1.45. The maximum Gasteiger partial charge on any atom is 0.276 e. The fraction of sp³-hybridized carbons (Fsp3) is 0.176. The molecule has 1 N–H and O–H groups in total. The Hall–Kier alpha value is -2.25. The van der Waals surface area contributed by atoms with Gasteiger partial charge in [0.2, 0.25) is 5.89 Å². The van der Waals surface area contributed by atoms with Crippen molar-refractivity contribution in [3.8, 4) is 11.5 Å². The summed E-state index contributed by atoms with van der Waals surface area (Å²) < 4.78 is 32.8. The molecule has 0 aliphatic carbocycles. The van der Waals surface area contributed by atoms with Gasteiger partial charge in [0.1, 0.15) is 11.6 Å². The number of halogens is 2. The van der Waals surface area contributed by atoms with Crippen molar-refractivity contribution in [3.63, 3.8) is 0 Å². The van der Waals surface area contributed by atoms with Gasteiger partial charge in [-0.25, -0.2) is 8.78 Å². The number of thioether (sulfide) groups is 1. The van der Waals surface area contributed by atoms with Crippen LogP contribution in [0.3, 0.4) is 0 Å². The van der Waals surface area contributed by atoms with Crippen LogP contribution >= 0.6 is 11.8 Å². The first-order valence-corrected chi connectivity index (χ1v) is 8.19. The summed E-state index contributed by atoms with van der Waals surface area (Å²) >= 11 is 1.04. The Bertz CT molecular complexity index is 834. The zero-order valence-corrected chi connectivity index (χ0v) is 13.6. The van der Waals surface area contributed by atoms with Crippen LogP contribution in [0.5, 0.6) is 0 Å². The smallest absolute Gasteiger partial charge is 0.276 e. The van der Waals surface area contributed by atoms with E-state index in [0.717, 1.165) is 35.0 Å². The van der Waals surface area contributed by atoms with Crippen molar-refractivity contribution < 1.29 is 18.3 Å². The fourth-order valence-corrected chi connectivity index (χ4v) is 2.96. The summed E-state index contributed by atoms with van der Waals surface area (Å²) in [7, 11) is 0. The topological polar surface area (TPSA) is 59.2 Å². The van der Waals surface area contributed by atoms with Crippen molar-refractivity contribution in [2.45, 2.75) is 18.3 Å². The molecular weight excluding hydrogens is 334 g/mol. The average molecular weight is 348 g/mol. The highest BCUT2D eigenvalue weighted by Crippen LogP contribution is 2.29. The zero-order valence-electron chi connectivity index (χ0n) is 12.7. The number of aromatic nitrogens is 2. The lowest BCUT2D eigenvalue weighted by Gasteiger charge is -2.11. The summed E-state index contributed by atoms with van der Waals surface area (Å²) in [6.45, 7) is 1.93. The highest BCUT2D eigenvalue weighted by Gasteiger charge is 2.19. The Morgan fingerprint density at radius 1 is 1.08 bits per heavy atom. The predicted octanol–water partition coefficient (Wildman–Crippen LogP) is 4.15. The van der Waals surface area contributed by atoms with Crippen LogP contribution in [0.4, 0.5) is 8.78 Å². The van der Waals surface area contributed by atoms with Crippen molar-refractivity contribution in [1.29, 1.82) is 0 Å². The van der Waals surface area contributed by atoms with Gasteiger partial charge in [0, 0.05) is 11.3 Å². The molecule has 1 atom stereocenters. The Balaban J connectivity index is 1.71. The Kier molecular flexibility index (Phi) is 4.92. The van der Waals surface area contributed by atoms with Gasteiger partial charge in [0.25, 0.3) is 5.22 Å².